The van der Waals surface area contributed by atoms with E-state index >= 15 is 0 Å². The summed E-state index contributed by atoms with van der Waals surface area (Å²) in [5.41, 5.74) is 3.86. The van der Waals surface area contributed by atoms with Crippen LogP contribution in [0.5, 0.6) is 0 Å². The Labute approximate surface area is 181 Å². The van der Waals surface area contributed by atoms with Crippen LogP contribution in [-0.2, 0) is 17.8 Å². The largest absolute Gasteiger partial charge is 0.458 e. The third kappa shape index (κ3) is 5.44. The molecule has 3 rings (SSSR count). The molecule has 2 heterocycles. The lowest BCUT2D eigenvalue weighted by Crippen LogP contribution is -2.21. The first kappa shape index (κ1) is 21.5. The number of aromatic nitrogens is 4. The first-order valence-electron chi connectivity index (χ1n) is 9.79. The average molecular weight is 427 g/mol. The lowest BCUT2D eigenvalue weighted by atomic mass is 10.1. The molecule has 0 fully saturated rings. The number of thiocarbonyl (C=S) groups is 1. The quantitative estimate of drug-likeness (QED) is 0.439. The Morgan fingerprint density at radius 1 is 1.20 bits per heavy atom. The van der Waals surface area contributed by atoms with E-state index in [2.05, 4.69) is 39.9 Å². The zero-order valence-electron chi connectivity index (χ0n) is 17.5. The molecule has 3 aromatic rings. The highest BCUT2D eigenvalue weighted by Gasteiger charge is 2.20. The summed E-state index contributed by atoms with van der Waals surface area (Å²) in [5, 5.41) is 15.1. The SMILES string of the molecule is CCn1cc(NC(=S)Nc2cnn(Cc3ccccc3C)c2)c(C(=O)OC(C)C)n1. The summed E-state index contributed by atoms with van der Waals surface area (Å²) < 4.78 is 8.77. The van der Waals surface area contributed by atoms with Gasteiger partial charge < -0.3 is 15.4 Å². The maximum absolute atomic E-state index is 12.3. The Hall–Kier alpha value is -3.20. The number of carbonyl (C=O) groups is 1. The summed E-state index contributed by atoms with van der Waals surface area (Å²) >= 11 is 5.41. The number of rotatable bonds is 7. The highest BCUT2D eigenvalue weighted by molar-refractivity contribution is 7.80. The molecule has 0 saturated heterocycles. The van der Waals surface area contributed by atoms with Crippen LogP contribution in [-0.4, -0.2) is 36.7 Å². The van der Waals surface area contributed by atoms with E-state index in [0.29, 0.717) is 23.9 Å². The van der Waals surface area contributed by atoms with Gasteiger partial charge in [-0.25, -0.2) is 4.79 Å². The van der Waals surface area contributed by atoms with E-state index in [4.69, 9.17) is 17.0 Å². The van der Waals surface area contributed by atoms with Crippen molar-refractivity contribution in [1.29, 1.82) is 0 Å². The molecule has 8 nitrogen and oxygen atoms in total. The molecule has 2 aromatic heterocycles. The van der Waals surface area contributed by atoms with Gasteiger partial charge in [-0.2, -0.15) is 10.2 Å². The fourth-order valence-electron chi connectivity index (χ4n) is 2.86. The standard InChI is InChI=1S/C21H26N6O2S/c1-5-26-13-18(19(25-26)20(28)29-14(2)3)24-21(30)23-17-10-22-27(12-17)11-16-9-7-6-8-15(16)4/h6-10,12-14H,5,11H2,1-4H3,(H2,23,24,30). The summed E-state index contributed by atoms with van der Waals surface area (Å²) in [6, 6.07) is 8.20. The highest BCUT2D eigenvalue weighted by atomic mass is 32.1. The number of anilines is 2. The lowest BCUT2D eigenvalue weighted by Gasteiger charge is -2.10. The van der Waals surface area contributed by atoms with E-state index in [-0.39, 0.29) is 11.8 Å². The van der Waals surface area contributed by atoms with Gasteiger partial charge in [-0.15, -0.1) is 0 Å². The van der Waals surface area contributed by atoms with Gasteiger partial charge in [0.2, 0.25) is 0 Å². The van der Waals surface area contributed by atoms with Crippen molar-refractivity contribution < 1.29 is 9.53 Å². The number of hydrogen-bond acceptors (Lipinski definition) is 5. The summed E-state index contributed by atoms with van der Waals surface area (Å²) in [4.78, 5) is 12.3. The topological polar surface area (TPSA) is 86.0 Å². The Morgan fingerprint density at radius 3 is 2.67 bits per heavy atom. The molecule has 0 aliphatic rings. The van der Waals surface area contributed by atoms with Crippen molar-refractivity contribution in [1.82, 2.24) is 19.6 Å². The van der Waals surface area contributed by atoms with Crippen molar-refractivity contribution in [2.24, 2.45) is 0 Å². The molecule has 158 valence electrons. The summed E-state index contributed by atoms with van der Waals surface area (Å²) in [5.74, 6) is -0.492. The Kier molecular flexibility index (Phi) is 6.83. The molecule has 0 saturated carbocycles. The van der Waals surface area contributed by atoms with Crippen LogP contribution in [0.3, 0.4) is 0 Å². The second kappa shape index (κ2) is 9.53. The van der Waals surface area contributed by atoms with E-state index < -0.39 is 5.97 Å². The van der Waals surface area contributed by atoms with Crippen LogP contribution >= 0.6 is 12.2 Å². The van der Waals surface area contributed by atoms with Gasteiger partial charge in [0.05, 0.1) is 30.2 Å². The number of ether oxygens (including phenoxy) is 1. The van der Waals surface area contributed by atoms with Crippen LogP contribution in [0.2, 0.25) is 0 Å². The van der Waals surface area contributed by atoms with Crippen molar-refractivity contribution in [3.05, 3.63) is 59.7 Å². The second-order valence-corrected chi connectivity index (χ2v) is 7.54. The Balaban J connectivity index is 1.66. The average Bonchev–Trinajstić information content (AvgIpc) is 3.29. The number of esters is 1. The van der Waals surface area contributed by atoms with Gasteiger partial charge in [0.1, 0.15) is 0 Å². The molecular weight excluding hydrogens is 400 g/mol. The van der Waals surface area contributed by atoms with Gasteiger partial charge in [0.15, 0.2) is 10.8 Å². The zero-order valence-corrected chi connectivity index (χ0v) is 18.4. The maximum Gasteiger partial charge on any atom is 0.361 e. The number of hydrogen-bond donors (Lipinski definition) is 2. The highest BCUT2D eigenvalue weighted by Crippen LogP contribution is 2.17. The molecule has 0 aliphatic carbocycles. The third-order valence-corrected chi connectivity index (χ3v) is 4.56. The molecule has 1 aromatic carbocycles. The molecule has 0 atom stereocenters. The predicted octanol–water partition coefficient (Wildman–Crippen LogP) is 3.83. The molecule has 0 spiro atoms. The smallest absolute Gasteiger partial charge is 0.361 e. The van der Waals surface area contributed by atoms with Gasteiger partial charge in [0.25, 0.3) is 0 Å². The molecule has 0 unspecified atom stereocenters. The van der Waals surface area contributed by atoms with Crippen LogP contribution in [0.15, 0.2) is 42.9 Å². The van der Waals surface area contributed by atoms with Gasteiger partial charge in [-0.05, 0) is 51.0 Å². The monoisotopic (exact) mass is 426 g/mol. The van der Waals surface area contributed by atoms with Crippen molar-refractivity contribution in [2.45, 2.75) is 46.9 Å². The number of benzene rings is 1. The van der Waals surface area contributed by atoms with Gasteiger partial charge in [-0.3, -0.25) is 9.36 Å². The van der Waals surface area contributed by atoms with Gasteiger partial charge in [0, 0.05) is 18.9 Å². The minimum Gasteiger partial charge on any atom is -0.458 e. The summed E-state index contributed by atoms with van der Waals surface area (Å²) in [6.45, 7) is 8.90. The van der Waals surface area contributed by atoms with E-state index in [9.17, 15) is 4.79 Å². The Morgan fingerprint density at radius 2 is 1.97 bits per heavy atom. The number of aryl methyl sites for hydroxylation is 2. The van der Waals surface area contributed by atoms with Crippen molar-refractivity contribution in [3.63, 3.8) is 0 Å². The normalized spacial score (nSPS) is 10.8. The fourth-order valence-corrected chi connectivity index (χ4v) is 3.08. The third-order valence-electron chi connectivity index (χ3n) is 4.35. The molecule has 9 heteroatoms. The van der Waals surface area contributed by atoms with Crippen LogP contribution < -0.4 is 10.6 Å². The molecule has 0 radical (unpaired) electrons. The first-order valence-corrected chi connectivity index (χ1v) is 10.2. The van der Waals surface area contributed by atoms with Crippen LogP contribution in [0, 0.1) is 6.92 Å². The summed E-state index contributed by atoms with van der Waals surface area (Å²) in [6.07, 6.45) is 5.08. The van der Waals surface area contributed by atoms with E-state index in [1.807, 2.05) is 29.9 Å². The molecule has 0 amide bonds. The molecule has 30 heavy (non-hydrogen) atoms. The van der Waals surface area contributed by atoms with E-state index in [1.165, 1.54) is 11.1 Å². The minimum atomic E-state index is -0.492. The van der Waals surface area contributed by atoms with E-state index in [0.717, 1.165) is 5.69 Å². The maximum atomic E-state index is 12.3. The van der Waals surface area contributed by atoms with Gasteiger partial charge >= 0.3 is 5.97 Å². The number of nitrogens with zero attached hydrogens (tertiary/aromatic N) is 4. The van der Waals surface area contributed by atoms with Crippen molar-refractivity contribution >= 4 is 34.7 Å². The van der Waals surface area contributed by atoms with Crippen LogP contribution in [0.1, 0.15) is 42.4 Å². The molecule has 0 bridgehead atoms. The number of carbonyl (C=O) groups excluding carboxylic acids is 1. The van der Waals surface area contributed by atoms with Gasteiger partial charge in [-0.1, -0.05) is 24.3 Å². The lowest BCUT2D eigenvalue weighted by molar-refractivity contribution is 0.0371. The molecule has 0 aliphatic heterocycles. The van der Waals surface area contributed by atoms with Crippen molar-refractivity contribution in [3.8, 4) is 0 Å². The Bertz CT molecular complexity index is 1040. The zero-order chi connectivity index (χ0) is 21.7. The molecular formula is C21H26N6O2S. The first-order chi connectivity index (χ1) is 14.4. The molecule has 2 N–H and O–H groups in total. The predicted molar refractivity (Wildman–Crippen MR) is 121 cm³/mol. The minimum absolute atomic E-state index is 0.199. The summed E-state index contributed by atoms with van der Waals surface area (Å²) in [7, 11) is 0. The fraction of sp³-hybridized carbons (Fsp3) is 0.333. The second-order valence-electron chi connectivity index (χ2n) is 7.13. The number of nitrogens with one attached hydrogen (secondary N) is 2. The van der Waals surface area contributed by atoms with E-state index in [1.54, 1.807) is 30.9 Å². The van der Waals surface area contributed by atoms with Crippen molar-refractivity contribution in [2.75, 3.05) is 10.6 Å². The van der Waals surface area contributed by atoms with Crippen LogP contribution in [0.25, 0.3) is 0 Å². The van der Waals surface area contributed by atoms with Crippen LogP contribution in [0.4, 0.5) is 11.4 Å².